The van der Waals surface area contributed by atoms with E-state index in [4.69, 9.17) is 0 Å². The first-order chi connectivity index (χ1) is 11.9. The van der Waals surface area contributed by atoms with Gasteiger partial charge >= 0.3 is 0 Å². The Morgan fingerprint density at radius 2 is 1.96 bits per heavy atom. The molecule has 1 amide bonds. The van der Waals surface area contributed by atoms with E-state index in [2.05, 4.69) is 11.8 Å². The molecule has 5 fully saturated rings. The number of rotatable bonds is 0. The van der Waals surface area contributed by atoms with Crippen LogP contribution in [0.3, 0.4) is 0 Å². The van der Waals surface area contributed by atoms with E-state index in [9.17, 15) is 14.7 Å². The summed E-state index contributed by atoms with van der Waals surface area (Å²) < 4.78 is 0. The number of amides is 1. The Morgan fingerprint density at radius 1 is 1.12 bits per heavy atom. The lowest BCUT2D eigenvalue weighted by molar-refractivity contribution is -0.133. The second-order valence-corrected chi connectivity index (χ2v) is 9.88. The Kier molecular flexibility index (Phi) is 2.52. The van der Waals surface area contributed by atoms with Crippen LogP contribution in [0.15, 0.2) is 11.6 Å². The fourth-order valence-electron chi connectivity index (χ4n) is 8.64. The molecule has 6 aliphatic rings. The molecular formula is C21H27NO3. The van der Waals surface area contributed by atoms with Crippen LogP contribution in [0, 0.1) is 23.2 Å². The van der Waals surface area contributed by atoms with Crippen molar-refractivity contribution in [1.29, 1.82) is 0 Å². The molecule has 0 aromatic heterocycles. The minimum Gasteiger partial charge on any atom is -0.393 e. The first-order valence-electron chi connectivity index (χ1n) is 10.2. The van der Waals surface area contributed by atoms with E-state index in [1.807, 2.05) is 6.08 Å². The number of carbonyl (C=O) groups excluding carboxylic acids is 2. The Morgan fingerprint density at radius 3 is 2.76 bits per heavy atom. The molecule has 0 radical (unpaired) electrons. The number of aliphatic hydroxyl groups excluding tert-OH is 1. The Balaban J connectivity index is 1.42. The molecule has 25 heavy (non-hydrogen) atoms. The van der Waals surface area contributed by atoms with Crippen molar-refractivity contribution in [3.63, 3.8) is 0 Å². The number of aliphatic hydroxyl groups is 1. The zero-order chi connectivity index (χ0) is 17.2. The van der Waals surface area contributed by atoms with Gasteiger partial charge in [0.05, 0.1) is 17.2 Å². The molecule has 0 aromatic rings. The van der Waals surface area contributed by atoms with Gasteiger partial charge in [0.15, 0.2) is 5.78 Å². The van der Waals surface area contributed by atoms with Crippen molar-refractivity contribution in [1.82, 2.24) is 4.90 Å². The fourth-order valence-corrected chi connectivity index (χ4v) is 8.64. The van der Waals surface area contributed by atoms with Gasteiger partial charge in [-0.1, -0.05) is 12.5 Å². The van der Waals surface area contributed by atoms with Crippen LogP contribution < -0.4 is 0 Å². The van der Waals surface area contributed by atoms with E-state index in [1.165, 1.54) is 12.0 Å². The molecular weight excluding hydrogens is 314 g/mol. The van der Waals surface area contributed by atoms with Crippen molar-refractivity contribution in [3.05, 3.63) is 11.6 Å². The summed E-state index contributed by atoms with van der Waals surface area (Å²) in [5, 5.41) is 11.3. The van der Waals surface area contributed by atoms with Crippen LogP contribution in [-0.4, -0.2) is 38.9 Å². The second kappa shape index (κ2) is 4.21. The van der Waals surface area contributed by atoms with Crippen molar-refractivity contribution in [3.8, 4) is 0 Å². The monoisotopic (exact) mass is 341 g/mol. The van der Waals surface area contributed by atoms with Gasteiger partial charge < -0.3 is 10.0 Å². The molecule has 2 spiro atoms. The van der Waals surface area contributed by atoms with Crippen LogP contribution in [0.1, 0.15) is 64.7 Å². The van der Waals surface area contributed by atoms with Gasteiger partial charge in [0.1, 0.15) is 0 Å². The van der Waals surface area contributed by atoms with E-state index < -0.39 is 0 Å². The van der Waals surface area contributed by atoms with Gasteiger partial charge in [-0.25, -0.2) is 0 Å². The Labute approximate surface area is 148 Å². The number of fused-ring (bicyclic) bond motifs is 4. The minimum atomic E-state index is -0.337. The summed E-state index contributed by atoms with van der Waals surface area (Å²) >= 11 is 0. The SMILES string of the molecule is C[C@]12CCC(=O)C=C1CCC1C2[C@@H](O)C[C@@]23C1CC[C@@]21CCC(=O)N13. The summed E-state index contributed by atoms with van der Waals surface area (Å²) in [6.45, 7) is 2.30. The highest BCUT2D eigenvalue weighted by atomic mass is 16.3. The first-order valence-corrected chi connectivity index (χ1v) is 10.2. The van der Waals surface area contributed by atoms with Gasteiger partial charge in [-0.15, -0.1) is 0 Å². The van der Waals surface area contributed by atoms with Gasteiger partial charge in [0.25, 0.3) is 0 Å². The highest BCUT2D eigenvalue weighted by Gasteiger charge is 2.86. The molecule has 1 N–H and O–H groups in total. The predicted octanol–water partition coefficient (Wildman–Crippen LogP) is 2.60. The van der Waals surface area contributed by atoms with Crippen molar-refractivity contribution < 1.29 is 14.7 Å². The van der Waals surface area contributed by atoms with Crippen LogP contribution in [0.5, 0.6) is 0 Å². The van der Waals surface area contributed by atoms with Crippen LogP contribution in [0.25, 0.3) is 0 Å². The van der Waals surface area contributed by atoms with Crippen molar-refractivity contribution in [2.45, 2.75) is 81.9 Å². The maximum absolute atomic E-state index is 12.5. The van der Waals surface area contributed by atoms with E-state index in [0.717, 1.165) is 38.5 Å². The molecule has 0 aromatic carbocycles. The number of hydrogen-bond acceptors (Lipinski definition) is 3. The third-order valence-corrected chi connectivity index (χ3v) is 9.42. The molecule has 134 valence electrons. The minimum absolute atomic E-state index is 0.00895. The van der Waals surface area contributed by atoms with Gasteiger partial charge in [-0.2, -0.15) is 0 Å². The topological polar surface area (TPSA) is 57.4 Å². The zero-order valence-electron chi connectivity index (χ0n) is 15.0. The number of hydrogen-bond donors (Lipinski definition) is 1. The quantitative estimate of drug-likeness (QED) is 0.689. The van der Waals surface area contributed by atoms with E-state index >= 15 is 0 Å². The summed E-state index contributed by atoms with van der Waals surface area (Å²) in [5.41, 5.74) is 1.38. The lowest BCUT2D eigenvalue weighted by atomic mass is 9.48. The smallest absolute Gasteiger partial charge is 0.223 e. The number of nitrogens with zero attached hydrogens (tertiary/aromatic N) is 1. The van der Waals surface area contributed by atoms with Crippen LogP contribution in [0.2, 0.25) is 0 Å². The molecule has 3 saturated carbocycles. The number of piperidine rings is 2. The molecule has 7 atom stereocenters. The summed E-state index contributed by atoms with van der Waals surface area (Å²) in [6, 6.07) is 0. The second-order valence-electron chi connectivity index (χ2n) is 9.88. The van der Waals surface area contributed by atoms with Gasteiger partial charge in [-0.05, 0) is 74.2 Å². The van der Waals surface area contributed by atoms with Gasteiger partial charge in [-0.3, -0.25) is 9.59 Å². The lowest BCUT2D eigenvalue weighted by Gasteiger charge is -2.57. The van der Waals surface area contributed by atoms with Crippen molar-refractivity contribution in [2.75, 3.05) is 0 Å². The fraction of sp³-hybridized carbons (Fsp3) is 0.810. The molecule has 0 bridgehead atoms. The van der Waals surface area contributed by atoms with E-state index in [0.29, 0.717) is 30.6 Å². The normalized spacial score (nSPS) is 55.8. The largest absolute Gasteiger partial charge is 0.393 e. The van der Waals surface area contributed by atoms with Crippen LogP contribution in [-0.2, 0) is 9.59 Å². The maximum Gasteiger partial charge on any atom is 0.223 e. The molecule has 2 heterocycles. The molecule has 4 aliphatic carbocycles. The zero-order valence-corrected chi connectivity index (χ0v) is 15.0. The number of carbonyl (C=O) groups is 2. The van der Waals surface area contributed by atoms with Crippen molar-refractivity contribution >= 4 is 11.7 Å². The first kappa shape index (κ1) is 15.0. The van der Waals surface area contributed by atoms with E-state index in [1.54, 1.807) is 0 Å². The number of allylic oxidation sites excluding steroid dienone is 1. The Hall–Kier alpha value is -1.16. The lowest BCUT2D eigenvalue weighted by Crippen LogP contribution is -2.57. The van der Waals surface area contributed by atoms with Gasteiger partial charge in [0.2, 0.25) is 5.91 Å². The van der Waals surface area contributed by atoms with Crippen LogP contribution in [0.4, 0.5) is 0 Å². The average molecular weight is 341 g/mol. The third kappa shape index (κ3) is 1.41. The highest BCUT2D eigenvalue weighted by molar-refractivity contribution is 5.91. The van der Waals surface area contributed by atoms with Crippen LogP contribution >= 0.6 is 0 Å². The third-order valence-electron chi connectivity index (χ3n) is 9.42. The Bertz CT molecular complexity index is 743. The van der Waals surface area contributed by atoms with Gasteiger partial charge in [0, 0.05) is 12.8 Å². The standard InChI is InChI=1S/C21H27NO3/c1-19-7-4-13(23)10-12(19)2-3-14-15-5-8-20-9-6-17(25)22(20)21(15,20)11-16(24)18(14)19/h10,14-16,18,24H,2-9,11H2,1H3/t14?,15?,16-,18?,19-,20+,21+,22?/m0/s1. The molecule has 4 nitrogen and oxygen atoms in total. The molecule has 4 heteroatoms. The van der Waals surface area contributed by atoms with E-state index in [-0.39, 0.29) is 34.3 Å². The molecule has 2 saturated heterocycles. The average Bonchev–Trinajstić information content (AvgIpc) is 2.82. The highest BCUT2D eigenvalue weighted by Crippen LogP contribution is 2.77. The summed E-state index contributed by atoms with van der Waals surface area (Å²) in [4.78, 5) is 26.6. The molecule has 6 rings (SSSR count). The summed E-state index contributed by atoms with van der Waals surface area (Å²) in [6.07, 6.45) is 10.1. The summed E-state index contributed by atoms with van der Waals surface area (Å²) in [5.74, 6) is 1.95. The summed E-state index contributed by atoms with van der Waals surface area (Å²) in [7, 11) is 0. The predicted molar refractivity (Wildman–Crippen MR) is 91.5 cm³/mol. The maximum atomic E-state index is 12.5. The van der Waals surface area contributed by atoms with Crippen molar-refractivity contribution in [2.24, 2.45) is 23.2 Å². The molecule has 3 unspecified atom stereocenters. The molecule has 2 aliphatic heterocycles. The number of ketones is 1.